The summed E-state index contributed by atoms with van der Waals surface area (Å²) < 4.78 is 43.7. The van der Waals surface area contributed by atoms with E-state index in [1.807, 2.05) is 0 Å². The van der Waals surface area contributed by atoms with Crippen LogP contribution in [-0.4, -0.2) is 33.2 Å². The third-order valence-electron chi connectivity index (χ3n) is 4.84. The van der Waals surface area contributed by atoms with E-state index in [1.165, 1.54) is 12.3 Å². The van der Waals surface area contributed by atoms with Gasteiger partial charge in [-0.3, -0.25) is 14.9 Å². The SMILES string of the molecule is CC(C)C(=O)Nc1nccc(C(=O)CC2(COc3ncc(C(F)(F)F)cc3Cl)CC2)n1. The zero-order chi connectivity index (χ0) is 22.8. The van der Waals surface area contributed by atoms with Crippen molar-refractivity contribution in [3.63, 3.8) is 0 Å². The molecule has 0 saturated heterocycles. The number of rotatable bonds is 8. The van der Waals surface area contributed by atoms with E-state index in [4.69, 9.17) is 16.3 Å². The molecule has 0 radical (unpaired) electrons. The molecule has 3 rings (SSSR count). The van der Waals surface area contributed by atoms with Gasteiger partial charge in [0.15, 0.2) is 5.78 Å². The molecule has 11 heteroatoms. The quantitative estimate of drug-likeness (QED) is 0.585. The lowest BCUT2D eigenvalue weighted by molar-refractivity contribution is -0.137. The number of carbonyl (C=O) groups excluding carboxylic acids is 2. The Hall–Kier alpha value is -2.75. The second kappa shape index (κ2) is 8.78. The van der Waals surface area contributed by atoms with Gasteiger partial charge in [-0.05, 0) is 25.0 Å². The molecule has 31 heavy (non-hydrogen) atoms. The van der Waals surface area contributed by atoms with Crippen molar-refractivity contribution in [3.8, 4) is 5.88 Å². The Morgan fingerprint density at radius 1 is 1.29 bits per heavy atom. The summed E-state index contributed by atoms with van der Waals surface area (Å²) in [5.41, 5.74) is -1.27. The van der Waals surface area contributed by atoms with E-state index in [1.54, 1.807) is 13.8 Å². The fraction of sp³-hybridized carbons (Fsp3) is 0.450. The van der Waals surface area contributed by atoms with Crippen LogP contribution in [0.5, 0.6) is 5.88 Å². The average Bonchev–Trinajstić information content (AvgIpc) is 3.46. The molecule has 0 bridgehead atoms. The van der Waals surface area contributed by atoms with Crippen LogP contribution >= 0.6 is 11.6 Å². The van der Waals surface area contributed by atoms with Gasteiger partial charge in [0.25, 0.3) is 0 Å². The number of amides is 1. The molecule has 1 N–H and O–H groups in total. The molecule has 0 aromatic carbocycles. The first-order valence-corrected chi connectivity index (χ1v) is 9.89. The maximum absolute atomic E-state index is 12.7. The van der Waals surface area contributed by atoms with Gasteiger partial charge < -0.3 is 4.74 Å². The highest BCUT2D eigenvalue weighted by Crippen LogP contribution is 2.49. The number of hydrogen-bond donors (Lipinski definition) is 1. The molecular formula is C20H20ClF3N4O3. The minimum atomic E-state index is -4.55. The van der Waals surface area contributed by atoms with E-state index >= 15 is 0 Å². The lowest BCUT2D eigenvalue weighted by Crippen LogP contribution is -2.21. The van der Waals surface area contributed by atoms with Crippen LogP contribution in [0.3, 0.4) is 0 Å². The highest BCUT2D eigenvalue weighted by atomic mass is 35.5. The standard InChI is InChI=1S/C20H20ClF3N4O3/c1-11(2)16(30)28-18-25-6-3-14(27-18)15(29)8-19(4-5-19)10-31-17-13(21)7-12(9-26-17)20(22,23)24/h3,6-7,9,11H,4-5,8,10H2,1-2H3,(H,25,27,28,30). The van der Waals surface area contributed by atoms with E-state index in [-0.39, 0.29) is 53.2 Å². The van der Waals surface area contributed by atoms with E-state index in [0.29, 0.717) is 19.0 Å². The molecule has 1 aliphatic rings. The normalized spacial score (nSPS) is 14.9. The molecule has 2 aromatic rings. The van der Waals surface area contributed by atoms with Crippen LogP contribution in [0.4, 0.5) is 19.1 Å². The van der Waals surface area contributed by atoms with Crippen molar-refractivity contribution in [2.45, 2.75) is 39.3 Å². The van der Waals surface area contributed by atoms with Crippen molar-refractivity contribution >= 4 is 29.2 Å². The van der Waals surface area contributed by atoms with E-state index < -0.39 is 17.2 Å². The number of nitrogens with one attached hydrogen (secondary N) is 1. The van der Waals surface area contributed by atoms with Gasteiger partial charge >= 0.3 is 6.18 Å². The summed E-state index contributed by atoms with van der Waals surface area (Å²) in [7, 11) is 0. The van der Waals surface area contributed by atoms with Crippen LogP contribution in [-0.2, 0) is 11.0 Å². The monoisotopic (exact) mass is 456 g/mol. The summed E-state index contributed by atoms with van der Waals surface area (Å²) in [6, 6.07) is 2.21. The molecule has 2 aromatic heterocycles. The topological polar surface area (TPSA) is 94.1 Å². The summed E-state index contributed by atoms with van der Waals surface area (Å²) >= 11 is 5.86. The number of nitrogens with zero attached hydrogens (tertiary/aromatic N) is 3. The number of halogens is 4. The van der Waals surface area contributed by atoms with Crippen molar-refractivity contribution in [2.24, 2.45) is 11.3 Å². The maximum Gasteiger partial charge on any atom is 0.417 e. The minimum absolute atomic E-state index is 0.0476. The predicted octanol–water partition coefficient (Wildman–Crippen LogP) is 4.57. The number of Topliss-reactive ketones (excluding diaryl/α,β-unsaturated/α-hetero) is 1. The molecule has 0 unspecified atom stereocenters. The smallest absolute Gasteiger partial charge is 0.417 e. The average molecular weight is 457 g/mol. The first-order chi connectivity index (χ1) is 14.5. The number of pyridine rings is 1. The molecule has 1 amide bonds. The summed E-state index contributed by atoms with van der Waals surface area (Å²) in [6.07, 6.45) is -0.972. The van der Waals surface area contributed by atoms with Crippen molar-refractivity contribution in [1.82, 2.24) is 15.0 Å². The van der Waals surface area contributed by atoms with Gasteiger partial charge in [0, 0.05) is 30.1 Å². The number of carbonyl (C=O) groups is 2. The summed E-state index contributed by atoms with van der Waals surface area (Å²) in [5.74, 6) is -0.853. The molecule has 166 valence electrons. The predicted molar refractivity (Wildman–Crippen MR) is 106 cm³/mol. The zero-order valence-electron chi connectivity index (χ0n) is 16.8. The van der Waals surface area contributed by atoms with Gasteiger partial charge in [-0.15, -0.1) is 0 Å². The number of alkyl halides is 3. The molecule has 2 heterocycles. The number of anilines is 1. The highest BCUT2D eigenvalue weighted by Gasteiger charge is 2.45. The van der Waals surface area contributed by atoms with Gasteiger partial charge in [-0.1, -0.05) is 25.4 Å². The fourth-order valence-electron chi connectivity index (χ4n) is 2.72. The number of hydrogen-bond acceptors (Lipinski definition) is 6. The van der Waals surface area contributed by atoms with Crippen molar-refractivity contribution in [1.29, 1.82) is 0 Å². The van der Waals surface area contributed by atoms with E-state index in [2.05, 4.69) is 20.3 Å². The molecule has 1 fully saturated rings. The Morgan fingerprint density at radius 2 is 2.00 bits per heavy atom. The Kier molecular flexibility index (Phi) is 6.49. The molecule has 0 spiro atoms. The summed E-state index contributed by atoms with van der Waals surface area (Å²) in [6.45, 7) is 3.52. The number of ketones is 1. The number of aromatic nitrogens is 3. The van der Waals surface area contributed by atoms with Crippen LogP contribution in [0.2, 0.25) is 5.02 Å². The highest BCUT2D eigenvalue weighted by molar-refractivity contribution is 6.31. The molecule has 1 saturated carbocycles. The largest absolute Gasteiger partial charge is 0.476 e. The third kappa shape index (κ3) is 5.90. The first-order valence-electron chi connectivity index (χ1n) is 9.52. The van der Waals surface area contributed by atoms with E-state index in [9.17, 15) is 22.8 Å². The maximum atomic E-state index is 12.7. The van der Waals surface area contributed by atoms with Gasteiger partial charge in [0.05, 0.1) is 12.2 Å². The van der Waals surface area contributed by atoms with Gasteiger partial charge in [-0.2, -0.15) is 13.2 Å². The second-order valence-electron chi connectivity index (χ2n) is 7.81. The lowest BCUT2D eigenvalue weighted by atomic mass is 9.99. The zero-order valence-corrected chi connectivity index (χ0v) is 17.5. The number of ether oxygens (including phenoxy) is 1. The van der Waals surface area contributed by atoms with Crippen LogP contribution < -0.4 is 10.1 Å². The van der Waals surface area contributed by atoms with Gasteiger partial charge in [0.1, 0.15) is 10.7 Å². The second-order valence-corrected chi connectivity index (χ2v) is 8.21. The Bertz CT molecular complexity index is 994. The van der Waals surface area contributed by atoms with Crippen molar-refractivity contribution < 1.29 is 27.5 Å². The van der Waals surface area contributed by atoms with Crippen molar-refractivity contribution in [2.75, 3.05) is 11.9 Å². The molecular weight excluding hydrogens is 437 g/mol. The van der Waals surface area contributed by atoms with Crippen LogP contribution in [0.1, 0.15) is 49.2 Å². The van der Waals surface area contributed by atoms with Crippen LogP contribution in [0.15, 0.2) is 24.5 Å². The van der Waals surface area contributed by atoms with Gasteiger partial charge in [-0.25, -0.2) is 15.0 Å². The molecule has 7 nitrogen and oxygen atoms in total. The van der Waals surface area contributed by atoms with Crippen LogP contribution in [0, 0.1) is 11.3 Å². The Balaban J connectivity index is 1.62. The molecule has 0 aliphatic heterocycles. The molecule has 0 atom stereocenters. The van der Waals surface area contributed by atoms with Crippen LogP contribution in [0.25, 0.3) is 0 Å². The first kappa shape index (κ1) is 22.9. The molecule has 1 aliphatic carbocycles. The van der Waals surface area contributed by atoms with Crippen molar-refractivity contribution in [3.05, 3.63) is 40.8 Å². The Labute approximate surface area is 181 Å². The minimum Gasteiger partial charge on any atom is -0.476 e. The lowest BCUT2D eigenvalue weighted by Gasteiger charge is -2.16. The summed E-state index contributed by atoms with van der Waals surface area (Å²) in [5, 5.41) is 2.29. The van der Waals surface area contributed by atoms with E-state index in [0.717, 1.165) is 6.07 Å². The van der Waals surface area contributed by atoms with Gasteiger partial charge in [0.2, 0.25) is 17.7 Å². The Morgan fingerprint density at radius 3 is 2.58 bits per heavy atom. The fourth-order valence-corrected chi connectivity index (χ4v) is 2.94. The third-order valence-corrected chi connectivity index (χ3v) is 5.11. The summed E-state index contributed by atoms with van der Waals surface area (Å²) in [4.78, 5) is 36.2.